The minimum Gasteiger partial charge on any atom is -0.332 e. The molecule has 1 atom stereocenters. The van der Waals surface area contributed by atoms with E-state index in [2.05, 4.69) is 9.97 Å². The number of hydrogen-bond acceptors (Lipinski definition) is 5. The summed E-state index contributed by atoms with van der Waals surface area (Å²) in [7, 11) is -6.87. The third kappa shape index (κ3) is 3.64. The lowest BCUT2D eigenvalue weighted by atomic mass is 10.2. The second kappa shape index (κ2) is 6.05. The molecule has 1 fully saturated rings. The zero-order valence-electron chi connectivity index (χ0n) is 12.2. The molecule has 7 nitrogen and oxygen atoms in total. The summed E-state index contributed by atoms with van der Waals surface area (Å²) < 4.78 is 50.0. The molecule has 0 spiro atoms. The molecule has 1 aromatic rings. The average Bonchev–Trinajstić information content (AvgIpc) is 2.96. The van der Waals surface area contributed by atoms with E-state index in [9.17, 15) is 16.8 Å². The van der Waals surface area contributed by atoms with Crippen LogP contribution in [-0.2, 0) is 19.9 Å². The van der Waals surface area contributed by atoms with E-state index < -0.39 is 25.9 Å². The minimum atomic E-state index is -3.74. The summed E-state index contributed by atoms with van der Waals surface area (Å²) in [5.41, 5.74) is 0. The molecule has 21 heavy (non-hydrogen) atoms. The Labute approximate surface area is 125 Å². The van der Waals surface area contributed by atoms with E-state index in [0.29, 0.717) is 25.2 Å². The first-order valence-corrected chi connectivity index (χ1v) is 10.3. The molecular weight excluding hydrogens is 314 g/mol. The summed E-state index contributed by atoms with van der Waals surface area (Å²) >= 11 is 0. The highest BCUT2D eigenvalue weighted by molar-refractivity contribution is 7.92. The highest BCUT2D eigenvalue weighted by Gasteiger charge is 2.39. The number of imidazole rings is 1. The number of aryl methyl sites for hydroxylation is 1. The van der Waals surface area contributed by atoms with Crippen molar-refractivity contribution in [2.75, 3.05) is 18.1 Å². The number of aromatic nitrogens is 2. The van der Waals surface area contributed by atoms with Gasteiger partial charge >= 0.3 is 0 Å². The standard InChI is InChI=1S/C12H21N3O4S2/c1-3-4-6-15(11-5-7-20(16,17)9-11)21(18,19)12-8-13-10(2)14-12/h8,11H,3-7,9H2,1-2H3,(H,13,14). The molecule has 0 aliphatic carbocycles. The van der Waals surface area contributed by atoms with E-state index >= 15 is 0 Å². The molecule has 0 bridgehead atoms. The molecule has 1 aromatic heterocycles. The van der Waals surface area contributed by atoms with Crippen molar-refractivity contribution < 1.29 is 16.8 Å². The van der Waals surface area contributed by atoms with E-state index in [1.165, 1.54) is 10.5 Å². The molecule has 1 unspecified atom stereocenters. The number of H-pyrrole nitrogens is 1. The first-order chi connectivity index (χ1) is 9.76. The van der Waals surface area contributed by atoms with Crippen molar-refractivity contribution >= 4 is 19.9 Å². The van der Waals surface area contributed by atoms with Crippen molar-refractivity contribution in [3.8, 4) is 0 Å². The van der Waals surface area contributed by atoms with Gasteiger partial charge in [0.2, 0.25) is 0 Å². The molecule has 2 heterocycles. The lowest BCUT2D eigenvalue weighted by molar-refractivity contribution is 0.334. The van der Waals surface area contributed by atoms with Crippen LogP contribution in [0.3, 0.4) is 0 Å². The fourth-order valence-electron chi connectivity index (χ4n) is 2.47. The van der Waals surface area contributed by atoms with Gasteiger partial charge in [0.05, 0.1) is 17.7 Å². The molecule has 0 saturated carbocycles. The number of sulfone groups is 1. The average molecular weight is 335 g/mol. The second-order valence-electron chi connectivity index (χ2n) is 5.36. The van der Waals surface area contributed by atoms with Crippen LogP contribution < -0.4 is 0 Å². The monoisotopic (exact) mass is 335 g/mol. The number of aromatic amines is 1. The fraction of sp³-hybridized carbons (Fsp3) is 0.750. The van der Waals surface area contributed by atoms with Crippen molar-refractivity contribution in [1.29, 1.82) is 0 Å². The van der Waals surface area contributed by atoms with Gasteiger partial charge in [-0.3, -0.25) is 0 Å². The maximum absolute atomic E-state index is 12.7. The van der Waals surface area contributed by atoms with Crippen LogP contribution in [0.1, 0.15) is 32.0 Å². The van der Waals surface area contributed by atoms with E-state index in [1.807, 2.05) is 6.92 Å². The van der Waals surface area contributed by atoms with Crippen LogP contribution in [0.5, 0.6) is 0 Å². The topological polar surface area (TPSA) is 100 Å². The number of hydrogen-bond donors (Lipinski definition) is 1. The molecular formula is C12H21N3O4S2. The molecule has 1 saturated heterocycles. The summed E-state index contributed by atoms with van der Waals surface area (Å²) in [4.78, 5) is 6.65. The molecule has 1 N–H and O–H groups in total. The van der Waals surface area contributed by atoms with Crippen LogP contribution in [0.4, 0.5) is 0 Å². The van der Waals surface area contributed by atoms with E-state index in [1.54, 1.807) is 6.92 Å². The Hall–Kier alpha value is -0.930. The van der Waals surface area contributed by atoms with Gasteiger partial charge in [-0.2, -0.15) is 4.31 Å². The van der Waals surface area contributed by atoms with Crippen LogP contribution in [-0.4, -0.2) is 55.2 Å². The number of nitrogens with zero attached hydrogens (tertiary/aromatic N) is 2. The van der Waals surface area contributed by atoms with Gasteiger partial charge in [-0.05, 0) is 19.8 Å². The smallest absolute Gasteiger partial charge is 0.260 e. The van der Waals surface area contributed by atoms with Crippen LogP contribution in [0.25, 0.3) is 0 Å². The summed E-state index contributed by atoms with van der Waals surface area (Å²) in [6.07, 6.45) is 3.18. The van der Waals surface area contributed by atoms with Crippen molar-refractivity contribution in [3.05, 3.63) is 12.0 Å². The van der Waals surface area contributed by atoms with Crippen LogP contribution in [0.2, 0.25) is 0 Å². The molecule has 1 aliphatic rings. The van der Waals surface area contributed by atoms with E-state index in [4.69, 9.17) is 0 Å². The third-order valence-electron chi connectivity index (χ3n) is 3.61. The van der Waals surface area contributed by atoms with Crippen LogP contribution in [0.15, 0.2) is 11.2 Å². The third-order valence-corrected chi connectivity index (χ3v) is 7.23. The zero-order chi connectivity index (χ0) is 15.7. The van der Waals surface area contributed by atoms with Crippen molar-refractivity contribution in [3.63, 3.8) is 0 Å². The Morgan fingerprint density at radius 3 is 2.67 bits per heavy atom. The quantitative estimate of drug-likeness (QED) is 0.824. The van der Waals surface area contributed by atoms with E-state index in [-0.39, 0.29) is 16.5 Å². The Balaban J connectivity index is 2.31. The van der Waals surface area contributed by atoms with Gasteiger partial charge in [-0.1, -0.05) is 13.3 Å². The van der Waals surface area contributed by atoms with Gasteiger partial charge in [0.1, 0.15) is 5.82 Å². The van der Waals surface area contributed by atoms with E-state index in [0.717, 1.165) is 6.42 Å². The molecule has 9 heteroatoms. The highest BCUT2D eigenvalue weighted by Crippen LogP contribution is 2.24. The lowest BCUT2D eigenvalue weighted by Gasteiger charge is -2.26. The largest absolute Gasteiger partial charge is 0.332 e. The molecule has 0 amide bonds. The fourth-order valence-corrected chi connectivity index (χ4v) is 5.95. The number of nitrogens with one attached hydrogen (secondary N) is 1. The Bertz CT molecular complexity index is 694. The zero-order valence-corrected chi connectivity index (χ0v) is 13.9. The molecule has 2 rings (SSSR count). The molecule has 120 valence electrons. The first kappa shape index (κ1) is 16.4. The molecule has 0 radical (unpaired) electrons. The van der Waals surface area contributed by atoms with Crippen LogP contribution >= 0.6 is 0 Å². The van der Waals surface area contributed by atoms with Crippen molar-refractivity contribution in [2.45, 2.75) is 44.2 Å². The van der Waals surface area contributed by atoms with Crippen LogP contribution in [0, 0.1) is 6.92 Å². The Kier molecular flexibility index (Phi) is 4.74. The number of unbranched alkanes of at least 4 members (excludes halogenated alkanes) is 1. The summed E-state index contributed by atoms with van der Waals surface area (Å²) in [5.74, 6) is 0.476. The highest BCUT2D eigenvalue weighted by atomic mass is 32.2. The van der Waals surface area contributed by atoms with Gasteiger partial charge in [0, 0.05) is 12.6 Å². The summed E-state index contributed by atoms with van der Waals surface area (Å²) in [5, 5.41) is 0.0281. The van der Waals surface area contributed by atoms with Crippen molar-refractivity contribution in [2.24, 2.45) is 0 Å². The molecule has 0 aromatic carbocycles. The van der Waals surface area contributed by atoms with Crippen molar-refractivity contribution in [1.82, 2.24) is 14.3 Å². The van der Waals surface area contributed by atoms with Gasteiger partial charge in [0.25, 0.3) is 10.0 Å². The number of rotatable bonds is 6. The van der Waals surface area contributed by atoms with Gasteiger partial charge in [-0.25, -0.2) is 21.8 Å². The summed E-state index contributed by atoms with van der Waals surface area (Å²) in [6.45, 7) is 3.98. The Morgan fingerprint density at radius 2 is 2.19 bits per heavy atom. The normalized spacial score (nSPS) is 22.0. The van der Waals surface area contributed by atoms with Gasteiger partial charge in [-0.15, -0.1) is 0 Å². The SMILES string of the molecule is CCCCN(C1CCS(=O)(=O)C1)S(=O)(=O)c1cnc(C)[nH]1. The Morgan fingerprint density at radius 1 is 1.48 bits per heavy atom. The lowest BCUT2D eigenvalue weighted by Crippen LogP contribution is -2.41. The predicted octanol–water partition coefficient (Wildman–Crippen LogP) is 0.696. The summed E-state index contributed by atoms with van der Waals surface area (Å²) in [6, 6.07) is -0.477. The minimum absolute atomic E-state index is 0.0281. The first-order valence-electron chi connectivity index (χ1n) is 7.00. The second-order valence-corrected chi connectivity index (χ2v) is 9.45. The molecule has 1 aliphatic heterocycles. The maximum atomic E-state index is 12.7. The van der Waals surface area contributed by atoms with Gasteiger partial charge < -0.3 is 4.98 Å². The number of sulfonamides is 1. The van der Waals surface area contributed by atoms with Gasteiger partial charge in [0.15, 0.2) is 14.9 Å². The maximum Gasteiger partial charge on any atom is 0.260 e. The predicted molar refractivity (Wildman–Crippen MR) is 79.2 cm³/mol.